The zero-order valence-electron chi connectivity index (χ0n) is 17.1. The van der Waals surface area contributed by atoms with Crippen molar-refractivity contribution in [3.8, 4) is 0 Å². The van der Waals surface area contributed by atoms with Gasteiger partial charge in [0.2, 0.25) is 11.8 Å². The summed E-state index contributed by atoms with van der Waals surface area (Å²) in [5.74, 6) is -0.355. The molecule has 0 saturated carbocycles. The molecule has 0 rings (SSSR count). The molecule has 2 atom stereocenters. The van der Waals surface area contributed by atoms with Crippen LogP contribution in [0.1, 0.15) is 40.0 Å². The molecule has 0 aromatic heterocycles. The van der Waals surface area contributed by atoms with E-state index in [1.54, 1.807) is 32.5 Å². The van der Waals surface area contributed by atoms with Crippen LogP contribution in [0.4, 0.5) is 0 Å². The Labute approximate surface area is 170 Å². The van der Waals surface area contributed by atoms with E-state index < -0.39 is 29.0 Å². The molecule has 164 valence electrons. The number of thioether (sulfide) groups is 1. The Morgan fingerprint density at radius 1 is 1.11 bits per heavy atom. The second kappa shape index (κ2) is 13.0. The topological polar surface area (TPSA) is 145 Å². The molecular weight excluding hydrogens is 388 g/mol. The van der Waals surface area contributed by atoms with Crippen molar-refractivity contribution in [1.82, 2.24) is 10.6 Å². The molecule has 0 fully saturated rings. The minimum atomic E-state index is -1.35. The first-order valence-corrected chi connectivity index (χ1v) is 10.3. The molecule has 2 unspecified atom stereocenters. The Morgan fingerprint density at radius 3 is 2.29 bits per heavy atom. The lowest BCUT2D eigenvalue weighted by molar-refractivity contribution is -0.143. The van der Waals surface area contributed by atoms with Crippen LogP contribution >= 0.6 is 11.8 Å². The summed E-state index contributed by atoms with van der Waals surface area (Å²) >= 11 is 1.59. The number of ether oxygens (including phenoxy) is 1. The van der Waals surface area contributed by atoms with Crippen LogP contribution in [0.3, 0.4) is 0 Å². The van der Waals surface area contributed by atoms with Crippen LogP contribution in [-0.4, -0.2) is 83.1 Å². The van der Waals surface area contributed by atoms with Crippen molar-refractivity contribution in [2.24, 2.45) is 5.41 Å². The minimum absolute atomic E-state index is 0.0588. The SMILES string of the molecule is COC(C)(CCSCCNC(=O)CCNC(=O)C(O)C(C)(C)CO)CC(=O)O. The highest BCUT2D eigenvalue weighted by Gasteiger charge is 2.32. The van der Waals surface area contributed by atoms with Gasteiger partial charge in [0, 0.05) is 37.8 Å². The number of aliphatic hydroxyl groups is 2. The molecule has 9 nitrogen and oxygen atoms in total. The maximum Gasteiger partial charge on any atom is 0.306 e. The standard InChI is InChI=1S/C18H34N2O7S/c1-17(2,12-21)15(25)16(26)20-7-5-13(22)19-8-10-28-9-6-18(3,27-4)11-14(23)24/h15,21,25H,5-12H2,1-4H3,(H,19,22)(H,20,26)(H,23,24). The number of methoxy groups -OCH3 is 1. The molecule has 0 aliphatic rings. The summed E-state index contributed by atoms with van der Waals surface area (Å²) < 4.78 is 5.27. The highest BCUT2D eigenvalue weighted by atomic mass is 32.2. The Hall–Kier alpha value is -1.36. The Balaban J connectivity index is 3.89. The van der Waals surface area contributed by atoms with Gasteiger partial charge in [-0.25, -0.2) is 0 Å². The predicted octanol–water partition coefficient (Wildman–Crippen LogP) is -0.00860. The monoisotopic (exact) mass is 422 g/mol. The lowest BCUT2D eigenvalue weighted by atomic mass is 9.87. The number of carboxylic acids is 1. The van der Waals surface area contributed by atoms with Gasteiger partial charge >= 0.3 is 5.97 Å². The third-order valence-corrected chi connectivity index (χ3v) is 5.39. The highest BCUT2D eigenvalue weighted by molar-refractivity contribution is 7.99. The van der Waals surface area contributed by atoms with Gasteiger partial charge < -0.3 is 30.7 Å². The number of hydrogen-bond acceptors (Lipinski definition) is 7. The number of hydrogen-bond donors (Lipinski definition) is 5. The van der Waals surface area contributed by atoms with Crippen LogP contribution in [-0.2, 0) is 19.1 Å². The van der Waals surface area contributed by atoms with Gasteiger partial charge in [0.1, 0.15) is 6.10 Å². The minimum Gasteiger partial charge on any atom is -0.481 e. The quantitative estimate of drug-likeness (QED) is 0.232. The highest BCUT2D eigenvalue weighted by Crippen LogP contribution is 2.22. The maximum atomic E-state index is 11.8. The molecule has 0 heterocycles. The van der Waals surface area contributed by atoms with E-state index in [0.717, 1.165) is 0 Å². The van der Waals surface area contributed by atoms with E-state index in [9.17, 15) is 19.5 Å². The first-order chi connectivity index (χ1) is 13.0. The molecule has 0 bridgehead atoms. The van der Waals surface area contributed by atoms with Crippen molar-refractivity contribution >= 4 is 29.5 Å². The Kier molecular flexibility index (Phi) is 12.3. The molecule has 5 N–H and O–H groups in total. The van der Waals surface area contributed by atoms with E-state index in [1.807, 2.05) is 0 Å². The zero-order valence-corrected chi connectivity index (χ0v) is 17.9. The molecule has 0 radical (unpaired) electrons. The molecule has 0 saturated heterocycles. The Bertz CT molecular complexity index is 516. The summed E-state index contributed by atoms with van der Waals surface area (Å²) in [6.45, 7) is 5.12. The smallest absolute Gasteiger partial charge is 0.306 e. The molecule has 0 aromatic carbocycles. The fourth-order valence-electron chi connectivity index (χ4n) is 2.16. The summed E-state index contributed by atoms with van der Waals surface area (Å²) in [6, 6.07) is 0. The van der Waals surface area contributed by atoms with Gasteiger partial charge in [-0.05, 0) is 19.1 Å². The van der Waals surface area contributed by atoms with Crippen molar-refractivity contribution in [3.05, 3.63) is 0 Å². The lowest BCUT2D eigenvalue weighted by Gasteiger charge is -2.27. The van der Waals surface area contributed by atoms with Crippen molar-refractivity contribution in [2.75, 3.05) is 38.3 Å². The van der Waals surface area contributed by atoms with Crippen molar-refractivity contribution in [2.45, 2.75) is 51.7 Å². The molecule has 10 heteroatoms. The number of nitrogens with one attached hydrogen (secondary N) is 2. The second-order valence-corrected chi connectivity index (χ2v) is 8.75. The number of rotatable bonds is 15. The fraction of sp³-hybridized carbons (Fsp3) is 0.833. The average molecular weight is 423 g/mol. The van der Waals surface area contributed by atoms with Gasteiger partial charge in [-0.2, -0.15) is 11.8 Å². The number of carbonyl (C=O) groups excluding carboxylic acids is 2. The summed E-state index contributed by atoms with van der Waals surface area (Å²) in [4.78, 5) is 34.4. The molecule has 0 spiro atoms. The predicted molar refractivity (Wildman–Crippen MR) is 107 cm³/mol. The maximum absolute atomic E-state index is 11.8. The number of carboxylic acid groups (broad SMARTS) is 1. The molecule has 0 aliphatic heterocycles. The lowest BCUT2D eigenvalue weighted by Crippen LogP contribution is -2.46. The van der Waals surface area contributed by atoms with Gasteiger partial charge in [0.05, 0.1) is 18.6 Å². The van der Waals surface area contributed by atoms with E-state index >= 15 is 0 Å². The van der Waals surface area contributed by atoms with Crippen molar-refractivity contribution in [1.29, 1.82) is 0 Å². The molecule has 0 aliphatic carbocycles. The Morgan fingerprint density at radius 2 is 1.75 bits per heavy atom. The number of aliphatic hydroxyl groups excluding tert-OH is 2. The summed E-state index contributed by atoms with van der Waals surface area (Å²) in [5, 5.41) is 33.1. The molecule has 2 amide bonds. The van der Waals surface area contributed by atoms with E-state index in [0.29, 0.717) is 24.5 Å². The fourth-order valence-corrected chi connectivity index (χ4v) is 3.19. The zero-order chi connectivity index (χ0) is 21.8. The van der Waals surface area contributed by atoms with Crippen LogP contribution in [0.15, 0.2) is 0 Å². The van der Waals surface area contributed by atoms with Crippen LogP contribution < -0.4 is 10.6 Å². The normalized spacial score (nSPS) is 14.8. The van der Waals surface area contributed by atoms with Crippen molar-refractivity contribution < 1.29 is 34.4 Å². The number of carbonyl (C=O) groups is 3. The third-order valence-electron chi connectivity index (χ3n) is 4.41. The van der Waals surface area contributed by atoms with Crippen LogP contribution in [0.2, 0.25) is 0 Å². The van der Waals surface area contributed by atoms with Gasteiger partial charge in [0.15, 0.2) is 0 Å². The van der Waals surface area contributed by atoms with Crippen LogP contribution in [0, 0.1) is 5.41 Å². The molecule has 28 heavy (non-hydrogen) atoms. The van der Waals surface area contributed by atoms with E-state index in [1.165, 1.54) is 7.11 Å². The second-order valence-electron chi connectivity index (χ2n) is 7.53. The number of amides is 2. The van der Waals surface area contributed by atoms with E-state index in [2.05, 4.69) is 10.6 Å². The summed E-state index contributed by atoms with van der Waals surface area (Å²) in [6.07, 6.45) is -0.733. The van der Waals surface area contributed by atoms with Gasteiger partial charge in [-0.1, -0.05) is 13.8 Å². The summed E-state index contributed by atoms with van der Waals surface area (Å²) in [7, 11) is 1.50. The first-order valence-electron chi connectivity index (χ1n) is 9.15. The van der Waals surface area contributed by atoms with Gasteiger partial charge in [-0.15, -0.1) is 0 Å². The van der Waals surface area contributed by atoms with E-state index in [-0.39, 0.29) is 31.9 Å². The van der Waals surface area contributed by atoms with E-state index in [4.69, 9.17) is 14.9 Å². The van der Waals surface area contributed by atoms with Crippen molar-refractivity contribution in [3.63, 3.8) is 0 Å². The van der Waals surface area contributed by atoms with Gasteiger partial charge in [-0.3, -0.25) is 14.4 Å². The third kappa shape index (κ3) is 10.8. The number of aliphatic carboxylic acids is 1. The molecular formula is C18H34N2O7S. The van der Waals surface area contributed by atoms with Gasteiger partial charge in [0.25, 0.3) is 0 Å². The molecule has 0 aromatic rings. The average Bonchev–Trinajstić information content (AvgIpc) is 2.63. The summed E-state index contributed by atoms with van der Waals surface area (Å²) in [5.41, 5.74) is -1.65. The van der Waals surface area contributed by atoms with Crippen LogP contribution in [0.5, 0.6) is 0 Å². The largest absolute Gasteiger partial charge is 0.481 e. The van der Waals surface area contributed by atoms with Crippen LogP contribution in [0.25, 0.3) is 0 Å². The first kappa shape index (κ1) is 26.6.